The van der Waals surface area contributed by atoms with Crippen LogP contribution in [0.15, 0.2) is 60.7 Å². The van der Waals surface area contributed by atoms with E-state index < -0.39 is 17.5 Å². The number of cyclic esters (lactones) is 1. The average Bonchev–Trinajstić information content (AvgIpc) is 2.49. The highest BCUT2D eigenvalue weighted by Crippen LogP contribution is 2.47. The molecule has 4 heteroatoms. The summed E-state index contributed by atoms with van der Waals surface area (Å²) in [5.41, 5.74) is -0.339. The Hall–Kier alpha value is -2.23. The van der Waals surface area contributed by atoms with Gasteiger partial charge in [-0.25, -0.2) is 4.79 Å². The first-order valence-corrected chi connectivity index (χ1v) is 6.73. The topological polar surface area (TPSA) is 26.3 Å². The predicted octanol–water partition coefficient (Wildman–Crippen LogP) is 3.40. The van der Waals surface area contributed by atoms with E-state index in [2.05, 4.69) is 0 Å². The van der Waals surface area contributed by atoms with Gasteiger partial charge in [0.15, 0.2) is 5.60 Å². The molecule has 108 valence electrons. The zero-order valence-electron chi connectivity index (χ0n) is 11.3. The summed E-state index contributed by atoms with van der Waals surface area (Å²) in [5.74, 6) is -4.90. The van der Waals surface area contributed by atoms with Crippen molar-refractivity contribution in [3.8, 4) is 0 Å². The van der Waals surface area contributed by atoms with Crippen LogP contribution in [0.5, 0.6) is 0 Å². The molecule has 0 saturated carbocycles. The summed E-state index contributed by atoms with van der Waals surface area (Å²) >= 11 is 0. The maximum atomic E-state index is 14.1. The molecule has 0 N–H and O–H groups in total. The highest BCUT2D eigenvalue weighted by atomic mass is 19.3. The maximum absolute atomic E-state index is 14.1. The van der Waals surface area contributed by atoms with Crippen molar-refractivity contribution < 1.29 is 18.3 Å². The number of hydrogen-bond acceptors (Lipinski definition) is 2. The molecule has 1 saturated heterocycles. The molecule has 0 aromatic heterocycles. The van der Waals surface area contributed by atoms with Crippen LogP contribution in [0.2, 0.25) is 0 Å². The number of ether oxygens (including phenoxy) is 1. The number of esters is 1. The Morgan fingerprint density at radius 2 is 1.24 bits per heavy atom. The Bertz CT molecular complexity index is 597. The van der Waals surface area contributed by atoms with Crippen LogP contribution >= 0.6 is 0 Å². The van der Waals surface area contributed by atoms with Crippen LogP contribution in [-0.4, -0.2) is 17.5 Å². The maximum Gasteiger partial charge on any atom is 0.382 e. The van der Waals surface area contributed by atoms with E-state index in [4.69, 9.17) is 4.74 Å². The van der Waals surface area contributed by atoms with E-state index in [9.17, 15) is 13.6 Å². The molecule has 1 aliphatic heterocycles. The number of benzene rings is 2. The second kappa shape index (κ2) is 4.95. The molecule has 2 aromatic carbocycles. The van der Waals surface area contributed by atoms with E-state index in [1.54, 1.807) is 48.5 Å². The SMILES string of the molecule is O=C1OC(Cc2ccccc2)(Cc2ccccc2)C1(F)F. The van der Waals surface area contributed by atoms with E-state index in [0.717, 1.165) is 11.1 Å². The summed E-state index contributed by atoms with van der Waals surface area (Å²) < 4.78 is 33.3. The van der Waals surface area contributed by atoms with E-state index in [1.807, 2.05) is 12.1 Å². The van der Waals surface area contributed by atoms with Crippen LogP contribution in [0.3, 0.4) is 0 Å². The molecule has 1 fully saturated rings. The average molecular weight is 288 g/mol. The highest BCUT2D eigenvalue weighted by molar-refractivity contribution is 5.86. The first kappa shape index (κ1) is 13.7. The quantitative estimate of drug-likeness (QED) is 0.806. The second-order valence-electron chi connectivity index (χ2n) is 5.28. The molecule has 3 rings (SSSR count). The van der Waals surface area contributed by atoms with Gasteiger partial charge >= 0.3 is 11.9 Å². The van der Waals surface area contributed by atoms with Gasteiger partial charge in [-0.3, -0.25) is 0 Å². The molecule has 1 aliphatic rings. The third-order valence-electron chi connectivity index (χ3n) is 3.78. The van der Waals surface area contributed by atoms with Gasteiger partial charge in [0.25, 0.3) is 0 Å². The largest absolute Gasteiger partial charge is 0.447 e. The van der Waals surface area contributed by atoms with Gasteiger partial charge in [-0.15, -0.1) is 0 Å². The first-order valence-electron chi connectivity index (χ1n) is 6.73. The van der Waals surface area contributed by atoms with E-state index in [1.165, 1.54) is 0 Å². The molecule has 0 atom stereocenters. The predicted molar refractivity (Wildman–Crippen MR) is 74.1 cm³/mol. The molecule has 0 aliphatic carbocycles. The minimum absolute atomic E-state index is 0.00146. The number of alkyl halides is 2. The summed E-state index contributed by atoms with van der Waals surface area (Å²) in [6, 6.07) is 17.8. The molecular weight excluding hydrogens is 274 g/mol. The van der Waals surface area contributed by atoms with Crippen molar-refractivity contribution in [2.75, 3.05) is 0 Å². The van der Waals surface area contributed by atoms with Gasteiger partial charge in [-0.2, -0.15) is 8.78 Å². The summed E-state index contributed by atoms with van der Waals surface area (Å²) in [6.07, 6.45) is 0.00293. The van der Waals surface area contributed by atoms with Crippen LogP contribution in [0.4, 0.5) is 8.78 Å². The van der Waals surface area contributed by atoms with Crippen LogP contribution < -0.4 is 0 Å². The van der Waals surface area contributed by atoms with Gasteiger partial charge in [0, 0.05) is 12.8 Å². The third-order valence-corrected chi connectivity index (χ3v) is 3.78. The minimum atomic E-state index is -3.46. The lowest BCUT2D eigenvalue weighted by atomic mass is 9.78. The van der Waals surface area contributed by atoms with Crippen molar-refractivity contribution in [2.24, 2.45) is 0 Å². The van der Waals surface area contributed by atoms with Crippen molar-refractivity contribution >= 4 is 5.97 Å². The summed E-state index contributed by atoms with van der Waals surface area (Å²) in [5, 5.41) is 0. The Morgan fingerprint density at radius 3 is 1.57 bits per heavy atom. The van der Waals surface area contributed by atoms with Gasteiger partial charge in [0.2, 0.25) is 0 Å². The van der Waals surface area contributed by atoms with Crippen molar-refractivity contribution in [2.45, 2.75) is 24.4 Å². The van der Waals surface area contributed by atoms with Gasteiger partial charge in [0.1, 0.15) is 0 Å². The van der Waals surface area contributed by atoms with E-state index in [-0.39, 0.29) is 12.8 Å². The van der Waals surface area contributed by atoms with Crippen molar-refractivity contribution in [3.63, 3.8) is 0 Å². The molecule has 2 nitrogen and oxygen atoms in total. The first-order chi connectivity index (χ1) is 10.0. The van der Waals surface area contributed by atoms with Gasteiger partial charge in [-0.05, 0) is 11.1 Å². The molecular formula is C17H14F2O2. The smallest absolute Gasteiger partial charge is 0.382 e. The number of carbonyl (C=O) groups is 1. The van der Waals surface area contributed by atoms with Gasteiger partial charge in [0.05, 0.1) is 0 Å². The molecule has 0 amide bonds. The number of rotatable bonds is 4. The van der Waals surface area contributed by atoms with Crippen molar-refractivity contribution in [1.29, 1.82) is 0 Å². The second-order valence-corrected chi connectivity index (χ2v) is 5.28. The summed E-state index contributed by atoms with van der Waals surface area (Å²) in [7, 11) is 0. The molecule has 0 bridgehead atoms. The monoisotopic (exact) mass is 288 g/mol. The molecule has 2 aromatic rings. The molecule has 21 heavy (non-hydrogen) atoms. The van der Waals surface area contributed by atoms with Gasteiger partial charge < -0.3 is 4.74 Å². The molecule has 0 radical (unpaired) electrons. The number of carbonyl (C=O) groups excluding carboxylic acids is 1. The molecule has 1 heterocycles. The van der Waals surface area contributed by atoms with Crippen LogP contribution in [-0.2, 0) is 22.4 Å². The summed E-state index contributed by atoms with van der Waals surface area (Å²) in [6.45, 7) is 0. The minimum Gasteiger partial charge on any atom is -0.447 e. The number of hydrogen-bond donors (Lipinski definition) is 0. The number of halogens is 2. The van der Waals surface area contributed by atoms with Crippen LogP contribution in [0.1, 0.15) is 11.1 Å². The Labute approximate surface area is 121 Å². The Kier molecular flexibility index (Phi) is 3.24. The zero-order valence-corrected chi connectivity index (χ0v) is 11.3. The normalized spacial score (nSPS) is 18.7. The lowest BCUT2D eigenvalue weighted by Gasteiger charge is -2.47. The van der Waals surface area contributed by atoms with Crippen molar-refractivity contribution in [3.05, 3.63) is 71.8 Å². The molecule has 0 unspecified atom stereocenters. The fourth-order valence-electron chi connectivity index (χ4n) is 2.65. The highest BCUT2D eigenvalue weighted by Gasteiger charge is 2.72. The fraction of sp³-hybridized carbons (Fsp3) is 0.235. The Balaban J connectivity index is 1.91. The third kappa shape index (κ3) is 2.31. The van der Waals surface area contributed by atoms with Crippen LogP contribution in [0.25, 0.3) is 0 Å². The van der Waals surface area contributed by atoms with Gasteiger partial charge in [-0.1, -0.05) is 60.7 Å². The fourth-order valence-corrected chi connectivity index (χ4v) is 2.65. The standard InChI is InChI=1S/C17H14F2O2/c18-17(19)15(20)21-16(17,11-13-7-3-1-4-8-13)12-14-9-5-2-6-10-14/h1-10H,11-12H2. The van der Waals surface area contributed by atoms with Crippen molar-refractivity contribution in [1.82, 2.24) is 0 Å². The van der Waals surface area contributed by atoms with E-state index >= 15 is 0 Å². The molecule has 0 spiro atoms. The lowest BCUT2D eigenvalue weighted by Crippen LogP contribution is -2.69. The summed E-state index contributed by atoms with van der Waals surface area (Å²) in [4.78, 5) is 11.2. The lowest BCUT2D eigenvalue weighted by molar-refractivity contribution is -0.285. The van der Waals surface area contributed by atoms with E-state index in [0.29, 0.717) is 0 Å². The Morgan fingerprint density at radius 1 is 0.810 bits per heavy atom. The zero-order chi connectivity index (χ0) is 14.9. The van der Waals surface area contributed by atoms with Crippen LogP contribution in [0, 0.1) is 0 Å².